The molecule has 3 fully saturated rings. The molecule has 0 atom stereocenters. The summed E-state index contributed by atoms with van der Waals surface area (Å²) in [5, 5.41) is 6.26. The van der Waals surface area contributed by atoms with Crippen LogP contribution in [0.25, 0.3) is 5.65 Å². The van der Waals surface area contributed by atoms with E-state index in [-0.39, 0.29) is 17.7 Å². The molecular formula is C24H26N6O2. The van der Waals surface area contributed by atoms with Crippen molar-refractivity contribution in [3.8, 4) is 0 Å². The molecule has 2 N–H and O–H groups in total. The zero-order valence-corrected chi connectivity index (χ0v) is 17.9. The molecule has 1 aliphatic heterocycles. The fourth-order valence-electron chi connectivity index (χ4n) is 4.35. The molecule has 2 saturated carbocycles. The summed E-state index contributed by atoms with van der Waals surface area (Å²) in [6.07, 6.45) is 11.7. The van der Waals surface area contributed by atoms with Gasteiger partial charge in [0.2, 0.25) is 11.8 Å². The fraction of sp³-hybridized carbons (Fsp3) is 0.417. The molecule has 4 heterocycles. The lowest BCUT2D eigenvalue weighted by Crippen LogP contribution is -2.24. The highest BCUT2D eigenvalue weighted by Crippen LogP contribution is 2.42. The first-order valence-electron chi connectivity index (χ1n) is 11.5. The summed E-state index contributed by atoms with van der Waals surface area (Å²) >= 11 is 0. The summed E-state index contributed by atoms with van der Waals surface area (Å²) in [5.41, 5.74) is 4.81. The third-order valence-electron chi connectivity index (χ3n) is 6.45. The first-order chi connectivity index (χ1) is 15.6. The van der Waals surface area contributed by atoms with Crippen LogP contribution in [-0.4, -0.2) is 32.7 Å². The number of hydrogen-bond acceptors (Lipinski definition) is 5. The Balaban J connectivity index is 1.23. The lowest BCUT2D eigenvalue weighted by molar-refractivity contribution is -0.118. The van der Waals surface area contributed by atoms with Crippen LogP contribution in [-0.2, 0) is 16.1 Å². The van der Waals surface area contributed by atoms with E-state index in [1.165, 1.54) is 18.4 Å². The largest absolute Gasteiger partial charge is 0.379 e. The Morgan fingerprint density at radius 3 is 2.78 bits per heavy atom. The highest BCUT2D eigenvalue weighted by atomic mass is 16.2. The van der Waals surface area contributed by atoms with Gasteiger partial charge in [-0.05, 0) is 55.7 Å². The van der Waals surface area contributed by atoms with E-state index < -0.39 is 0 Å². The standard InChI is InChI=1S/C24H26N6O2/c31-22-2-1-9-30(22)20-10-17(15-3-4-15)13-29-14-19(27-23(20)29)12-26-18-7-8-25-21(11-18)28-24(32)16-5-6-16/h7-8,10-11,13-16H,1-6,9,12H2,(H2,25,26,28,32). The quantitative estimate of drug-likeness (QED) is 0.596. The maximum atomic E-state index is 12.4. The van der Waals surface area contributed by atoms with Crippen molar-refractivity contribution in [1.82, 2.24) is 14.4 Å². The zero-order chi connectivity index (χ0) is 21.7. The van der Waals surface area contributed by atoms with Gasteiger partial charge >= 0.3 is 0 Å². The molecule has 0 aromatic carbocycles. The molecule has 3 aliphatic rings. The van der Waals surface area contributed by atoms with Crippen molar-refractivity contribution < 1.29 is 9.59 Å². The van der Waals surface area contributed by atoms with Crippen LogP contribution in [0.15, 0.2) is 36.8 Å². The minimum atomic E-state index is 0.0467. The molecule has 1 saturated heterocycles. The minimum absolute atomic E-state index is 0.0467. The van der Waals surface area contributed by atoms with Crippen LogP contribution in [0.5, 0.6) is 0 Å². The van der Waals surface area contributed by atoms with E-state index in [4.69, 9.17) is 4.98 Å². The molecule has 3 aromatic rings. The average molecular weight is 431 g/mol. The van der Waals surface area contributed by atoms with Gasteiger partial charge in [0, 0.05) is 49.2 Å². The number of pyridine rings is 2. The number of fused-ring (bicyclic) bond motifs is 1. The van der Waals surface area contributed by atoms with Crippen LogP contribution < -0.4 is 15.5 Å². The van der Waals surface area contributed by atoms with E-state index in [9.17, 15) is 9.59 Å². The van der Waals surface area contributed by atoms with Gasteiger partial charge in [0.05, 0.1) is 17.9 Å². The monoisotopic (exact) mass is 430 g/mol. The van der Waals surface area contributed by atoms with Crippen molar-refractivity contribution in [3.63, 3.8) is 0 Å². The first-order valence-corrected chi connectivity index (χ1v) is 11.5. The van der Waals surface area contributed by atoms with E-state index in [0.29, 0.717) is 24.7 Å². The Morgan fingerprint density at radius 1 is 1.16 bits per heavy atom. The number of anilines is 3. The molecule has 0 bridgehead atoms. The second kappa shape index (κ2) is 7.62. The summed E-state index contributed by atoms with van der Waals surface area (Å²) in [4.78, 5) is 35.4. The molecular weight excluding hydrogens is 404 g/mol. The normalized spacial score (nSPS) is 18.4. The SMILES string of the molecule is O=C(Nc1cc(NCc2cn3cc(C4CC4)cc(N4CCCC4=O)c3n2)ccn1)C1CC1. The van der Waals surface area contributed by atoms with Gasteiger partial charge in [0.1, 0.15) is 5.82 Å². The van der Waals surface area contributed by atoms with Crippen LogP contribution >= 0.6 is 0 Å². The predicted octanol–water partition coefficient (Wildman–Crippen LogP) is 3.69. The highest BCUT2D eigenvalue weighted by Gasteiger charge is 2.30. The summed E-state index contributed by atoms with van der Waals surface area (Å²) in [6.45, 7) is 1.29. The first kappa shape index (κ1) is 19.3. The molecule has 8 heteroatoms. The predicted molar refractivity (Wildman–Crippen MR) is 122 cm³/mol. The average Bonchev–Trinajstić information content (AvgIpc) is 3.72. The summed E-state index contributed by atoms with van der Waals surface area (Å²) < 4.78 is 2.07. The van der Waals surface area contributed by atoms with Gasteiger partial charge in [-0.15, -0.1) is 0 Å². The Labute approximate surface area is 186 Å². The Hall–Kier alpha value is -3.42. The van der Waals surface area contributed by atoms with Crippen molar-refractivity contribution in [2.45, 2.75) is 51.0 Å². The maximum absolute atomic E-state index is 12.4. The van der Waals surface area contributed by atoms with Gasteiger partial charge in [-0.25, -0.2) is 9.97 Å². The number of carbonyl (C=O) groups is 2. The summed E-state index contributed by atoms with van der Waals surface area (Å²) in [5.74, 6) is 1.53. The third kappa shape index (κ3) is 3.81. The molecule has 164 valence electrons. The van der Waals surface area contributed by atoms with Gasteiger partial charge in [-0.2, -0.15) is 0 Å². The number of amides is 2. The number of nitrogens with zero attached hydrogens (tertiary/aromatic N) is 4. The number of imidazole rings is 1. The van der Waals surface area contributed by atoms with Crippen LogP contribution in [0.1, 0.15) is 55.7 Å². The van der Waals surface area contributed by atoms with E-state index in [0.717, 1.165) is 48.5 Å². The minimum Gasteiger partial charge on any atom is -0.379 e. The van der Waals surface area contributed by atoms with E-state index in [1.54, 1.807) is 6.20 Å². The van der Waals surface area contributed by atoms with Crippen LogP contribution in [0.3, 0.4) is 0 Å². The second-order valence-corrected chi connectivity index (χ2v) is 9.09. The van der Waals surface area contributed by atoms with Crippen molar-refractivity contribution in [3.05, 3.63) is 48.0 Å². The molecule has 32 heavy (non-hydrogen) atoms. The molecule has 0 unspecified atom stereocenters. The van der Waals surface area contributed by atoms with Gasteiger partial charge in [-0.3, -0.25) is 9.59 Å². The van der Waals surface area contributed by atoms with Crippen LogP contribution in [0.2, 0.25) is 0 Å². The number of hydrogen-bond donors (Lipinski definition) is 2. The number of carbonyl (C=O) groups excluding carboxylic acids is 2. The number of aromatic nitrogens is 3. The molecule has 0 radical (unpaired) electrons. The fourth-order valence-corrected chi connectivity index (χ4v) is 4.35. The number of nitrogens with one attached hydrogen (secondary N) is 2. The summed E-state index contributed by atoms with van der Waals surface area (Å²) in [6, 6.07) is 5.88. The highest BCUT2D eigenvalue weighted by molar-refractivity contribution is 5.98. The molecule has 2 amide bonds. The molecule has 3 aromatic heterocycles. The third-order valence-corrected chi connectivity index (χ3v) is 6.45. The van der Waals surface area contributed by atoms with Gasteiger partial charge in [-0.1, -0.05) is 0 Å². The zero-order valence-electron chi connectivity index (χ0n) is 17.9. The lowest BCUT2D eigenvalue weighted by Gasteiger charge is -2.17. The molecule has 2 aliphatic carbocycles. The Bertz CT molecular complexity index is 1210. The van der Waals surface area contributed by atoms with E-state index in [1.807, 2.05) is 23.2 Å². The lowest BCUT2D eigenvalue weighted by atomic mass is 10.1. The number of rotatable bonds is 7. The maximum Gasteiger partial charge on any atom is 0.228 e. The van der Waals surface area contributed by atoms with Crippen molar-refractivity contribution in [2.24, 2.45) is 5.92 Å². The van der Waals surface area contributed by atoms with Gasteiger partial charge < -0.3 is 19.9 Å². The molecule has 0 spiro atoms. The smallest absolute Gasteiger partial charge is 0.228 e. The second-order valence-electron chi connectivity index (χ2n) is 9.09. The van der Waals surface area contributed by atoms with Crippen LogP contribution in [0, 0.1) is 5.92 Å². The van der Waals surface area contributed by atoms with Crippen molar-refractivity contribution >= 4 is 34.7 Å². The topological polar surface area (TPSA) is 91.6 Å². The Kier molecular flexibility index (Phi) is 4.59. The van der Waals surface area contributed by atoms with Crippen molar-refractivity contribution in [1.29, 1.82) is 0 Å². The summed E-state index contributed by atoms with van der Waals surface area (Å²) in [7, 11) is 0. The van der Waals surface area contributed by atoms with Gasteiger partial charge in [0.25, 0.3) is 0 Å². The van der Waals surface area contributed by atoms with E-state index in [2.05, 4.69) is 32.3 Å². The van der Waals surface area contributed by atoms with Crippen LogP contribution in [0.4, 0.5) is 17.2 Å². The van der Waals surface area contributed by atoms with Gasteiger partial charge in [0.15, 0.2) is 5.65 Å². The molecule has 6 rings (SSSR count). The molecule has 8 nitrogen and oxygen atoms in total. The van der Waals surface area contributed by atoms with Crippen molar-refractivity contribution in [2.75, 3.05) is 22.1 Å². The van der Waals surface area contributed by atoms with E-state index >= 15 is 0 Å². The Morgan fingerprint density at radius 2 is 2.03 bits per heavy atom.